The van der Waals surface area contributed by atoms with Gasteiger partial charge in [0.2, 0.25) is 11.9 Å². The third-order valence-corrected chi connectivity index (χ3v) is 5.41. The van der Waals surface area contributed by atoms with Crippen LogP contribution < -0.4 is 10.6 Å². The number of anilines is 2. The summed E-state index contributed by atoms with van der Waals surface area (Å²) in [5, 5.41) is 0. The zero-order valence-electron chi connectivity index (χ0n) is 17.5. The lowest BCUT2D eigenvalue weighted by Crippen LogP contribution is -2.32. The molecule has 0 aliphatic rings. The van der Waals surface area contributed by atoms with Gasteiger partial charge in [-0.25, -0.2) is 4.98 Å². The molecule has 0 atom stereocenters. The molecule has 29 heavy (non-hydrogen) atoms. The van der Waals surface area contributed by atoms with Crippen molar-refractivity contribution in [2.45, 2.75) is 33.2 Å². The second-order valence-electron chi connectivity index (χ2n) is 7.14. The first-order chi connectivity index (χ1) is 14.0. The lowest BCUT2D eigenvalue weighted by Gasteiger charge is -2.21. The zero-order valence-corrected chi connectivity index (χ0v) is 17.5. The second-order valence-corrected chi connectivity index (χ2v) is 7.14. The van der Waals surface area contributed by atoms with Crippen LogP contribution in [0.5, 0.6) is 0 Å². The minimum absolute atomic E-state index is 0.0974. The summed E-state index contributed by atoms with van der Waals surface area (Å²) in [7, 11) is 1.81. The first kappa shape index (κ1) is 20.8. The number of pyridine rings is 1. The number of benzene rings is 1. The quantitative estimate of drug-likeness (QED) is 0.603. The molecular formula is C22H30N6O. The van der Waals surface area contributed by atoms with Gasteiger partial charge in [0.05, 0.1) is 11.0 Å². The van der Waals surface area contributed by atoms with E-state index in [-0.39, 0.29) is 5.91 Å². The highest BCUT2D eigenvalue weighted by atomic mass is 16.2. The summed E-state index contributed by atoms with van der Waals surface area (Å²) in [5.41, 5.74) is 9.93. The van der Waals surface area contributed by atoms with Gasteiger partial charge < -0.3 is 20.1 Å². The van der Waals surface area contributed by atoms with Crippen LogP contribution in [0, 0.1) is 0 Å². The van der Waals surface area contributed by atoms with Crippen LogP contribution >= 0.6 is 0 Å². The predicted molar refractivity (Wildman–Crippen MR) is 118 cm³/mol. The van der Waals surface area contributed by atoms with Crippen molar-refractivity contribution >= 4 is 28.6 Å². The Morgan fingerprint density at radius 2 is 2.00 bits per heavy atom. The molecule has 0 spiro atoms. The molecule has 7 heteroatoms. The van der Waals surface area contributed by atoms with E-state index in [4.69, 9.17) is 5.73 Å². The SMILES string of the molecule is CCN(CC)CCC(=O)N(C)c1ccc2c(c1)nc(N)n2CCc1cccnc1. The number of amides is 1. The maximum atomic E-state index is 12.6. The number of nitrogen functional groups attached to an aromatic ring is 1. The van der Waals surface area contributed by atoms with Crippen LogP contribution in [0.15, 0.2) is 42.7 Å². The summed E-state index contributed by atoms with van der Waals surface area (Å²) < 4.78 is 2.01. The molecule has 0 saturated heterocycles. The van der Waals surface area contributed by atoms with Crippen molar-refractivity contribution in [3.05, 3.63) is 48.3 Å². The second kappa shape index (κ2) is 9.52. The molecule has 2 N–H and O–H groups in total. The van der Waals surface area contributed by atoms with Gasteiger partial charge in [0.15, 0.2) is 0 Å². The van der Waals surface area contributed by atoms with E-state index in [0.717, 1.165) is 54.9 Å². The first-order valence-corrected chi connectivity index (χ1v) is 10.2. The molecule has 0 saturated carbocycles. The summed E-state index contributed by atoms with van der Waals surface area (Å²) in [6.07, 6.45) is 4.96. The van der Waals surface area contributed by atoms with Crippen molar-refractivity contribution in [1.29, 1.82) is 0 Å². The van der Waals surface area contributed by atoms with E-state index < -0.39 is 0 Å². The number of nitrogens with zero attached hydrogens (tertiary/aromatic N) is 5. The zero-order chi connectivity index (χ0) is 20.8. The molecule has 0 radical (unpaired) electrons. The van der Waals surface area contributed by atoms with E-state index >= 15 is 0 Å². The molecule has 2 aromatic heterocycles. The van der Waals surface area contributed by atoms with Crippen LogP contribution in [0.25, 0.3) is 11.0 Å². The van der Waals surface area contributed by atoms with Crippen molar-refractivity contribution < 1.29 is 4.79 Å². The van der Waals surface area contributed by atoms with Crippen LogP contribution in [-0.2, 0) is 17.8 Å². The van der Waals surface area contributed by atoms with E-state index in [1.807, 2.05) is 42.1 Å². The molecule has 1 amide bonds. The topological polar surface area (TPSA) is 80.3 Å². The van der Waals surface area contributed by atoms with Crippen molar-refractivity contribution in [3.8, 4) is 0 Å². The summed E-state index contributed by atoms with van der Waals surface area (Å²) in [6, 6.07) is 9.87. The summed E-state index contributed by atoms with van der Waals surface area (Å²) >= 11 is 0. The molecule has 0 unspecified atom stereocenters. The van der Waals surface area contributed by atoms with E-state index in [1.54, 1.807) is 11.1 Å². The fourth-order valence-electron chi connectivity index (χ4n) is 3.47. The minimum Gasteiger partial charge on any atom is -0.369 e. The van der Waals surface area contributed by atoms with Crippen LogP contribution in [0.1, 0.15) is 25.8 Å². The maximum absolute atomic E-state index is 12.6. The molecule has 0 aliphatic heterocycles. The first-order valence-electron chi connectivity index (χ1n) is 10.2. The highest BCUT2D eigenvalue weighted by Crippen LogP contribution is 2.24. The van der Waals surface area contributed by atoms with Gasteiger partial charge in [-0.15, -0.1) is 0 Å². The molecule has 2 heterocycles. The highest BCUT2D eigenvalue weighted by Gasteiger charge is 2.15. The Bertz CT molecular complexity index is 949. The van der Waals surface area contributed by atoms with Crippen molar-refractivity contribution in [2.24, 2.45) is 0 Å². The van der Waals surface area contributed by atoms with Crippen LogP contribution in [0.3, 0.4) is 0 Å². The van der Waals surface area contributed by atoms with Crippen molar-refractivity contribution in [3.63, 3.8) is 0 Å². The fraction of sp³-hybridized carbons (Fsp3) is 0.409. The fourth-order valence-corrected chi connectivity index (χ4v) is 3.47. The molecule has 154 valence electrons. The molecule has 0 fully saturated rings. The van der Waals surface area contributed by atoms with Gasteiger partial charge in [-0.3, -0.25) is 9.78 Å². The molecule has 0 aliphatic carbocycles. The molecule has 0 bridgehead atoms. The van der Waals surface area contributed by atoms with Crippen LogP contribution in [0.2, 0.25) is 0 Å². The van der Waals surface area contributed by atoms with E-state index in [9.17, 15) is 4.79 Å². The van der Waals surface area contributed by atoms with Crippen LogP contribution in [0.4, 0.5) is 11.6 Å². The molecular weight excluding hydrogens is 364 g/mol. The Morgan fingerprint density at radius 1 is 1.21 bits per heavy atom. The Hall–Kier alpha value is -2.93. The number of fused-ring (bicyclic) bond motifs is 1. The normalized spacial score (nSPS) is 11.3. The molecule has 3 rings (SSSR count). The third-order valence-electron chi connectivity index (χ3n) is 5.41. The monoisotopic (exact) mass is 394 g/mol. The number of hydrogen-bond donors (Lipinski definition) is 1. The van der Waals surface area contributed by atoms with Crippen LogP contribution in [-0.4, -0.2) is 52.0 Å². The van der Waals surface area contributed by atoms with Gasteiger partial charge in [-0.1, -0.05) is 19.9 Å². The summed E-state index contributed by atoms with van der Waals surface area (Å²) in [5.74, 6) is 0.580. The lowest BCUT2D eigenvalue weighted by molar-refractivity contribution is -0.118. The number of imidazole rings is 1. The number of aryl methyl sites for hydroxylation is 2. The van der Waals surface area contributed by atoms with Crippen molar-refractivity contribution in [1.82, 2.24) is 19.4 Å². The highest BCUT2D eigenvalue weighted by molar-refractivity contribution is 5.95. The standard InChI is InChI=1S/C22H30N6O/c1-4-27(5-2)13-11-21(29)26(3)18-8-9-20-19(15-18)25-22(23)28(20)14-10-17-7-6-12-24-16-17/h6-9,12,15-16H,4-5,10-11,13-14H2,1-3H3,(H2,23,25). The van der Waals surface area contributed by atoms with Gasteiger partial charge >= 0.3 is 0 Å². The average Bonchev–Trinajstić information content (AvgIpc) is 3.07. The largest absolute Gasteiger partial charge is 0.369 e. The number of carbonyl (C=O) groups is 1. The molecule has 1 aromatic carbocycles. The lowest BCUT2D eigenvalue weighted by atomic mass is 10.2. The smallest absolute Gasteiger partial charge is 0.228 e. The predicted octanol–water partition coefficient (Wildman–Crippen LogP) is 2.95. The Morgan fingerprint density at radius 3 is 2.69 bits per heavy atom. The Labute approximate surface area is 172 Å². The summed E-state index contributed by atoms with van der Waals surface area (Å²) in [4.78, 5) is 25.2. The van der Waals surface area contributed by atoms with Gasteiger partial charge in [0, 0.05) is 44.6 Å². The van der Waals surface area contributed by atoms with E-state index in [1.165, 1.54) is 0 Å². The van der Waals surface area contributed by atoms with E-state index in [2.05, 4.69) is 34.8 Å². The summed E-state index contributed by atoms with van der Waals surface area (Å²) in [6.45, 7) is 7.63. The van der Waals surface area contributed by atoms with Gasteiger partial charge in [0.1, 0.15) is 0 Å². The van der Waals surface area contributed by atoms with Gasteiger partial charge in [-0.2, -0.15) is 0 Å². The van der Waals surface area contributed by atoms with Gasteiger partial charge in [0.25, 0.3) is 0 Å². The maximum Gasteiger partial charge on any atom is 0.228 e. The number of hydrogen-bond acceptors (Lipinski definition) is 5. The minimum atomic E-state index is 0.0974. The number of carbonyl (C=O) groups excluding carboxylic acids is 1. The molecule has 3 aromatic rings. The number of aromatic nitrogens is 3. The Kier molecular flexibility index (Phi) is 6.82. The van der Waals surface area contributed by atoms with E-state index in [0.29, 0.717) is 12.4 Å². The van der Waals surface area contributed by atoms with Gasteiger partial charge in [-0.05, 0) is 49.3 Å². The Balaban J connectivity index is 1.72. The van der Waals surface area contributed by atoms with Crippen molar-refractivity contribution in [2.75, 3.05) is 37.3 Å². The third kappa shape index (κ3) is 4.92. The molecule has 7 nitrogen and oxygen atoms in total. The number of rotatable bonds is 9. The average molecular weight is 395 g/mol. The number of nitrogens with two attached hydrogens (primary N) is 1.